The lowest BCUT2D eigenvalue weighted by atomic mass is 9.91. The van der Waals surface area contributed by atoms with Gasteiger partial charge >= 0.3 is 0 Å². The monoisotopic (exact) mass is 421 g/mol. The molecule has 2 nitrogen and oxygen atoms in total. The zero-order valence-corrected chi connectivity index (χ0v) is 18.5. The van der Waals surface area contributed by atoms with Crippen LogP contribution in [0.4, 0.5) is 0 Å². The first kappa shape index (κ1) is 20.8. The van der Waals surface area contributed by atoms with Crippen molar-refractivity contribution in [2.75, 3.05) is 0 Å². The van der Waals surface area contributed by atoms with Crippen LogP contribution in [-0.2, 0) is 12.8 Å². The molecular formula is C30H31NO. The molecule has 0 amide bonds. The van der Waals surface area contributed by atoms with E-state index in [1.807, 2.05) is 0 Å². The summed E-state index contributed by atoms with van der Waals surface area (Å²) in [7, 11) is 0. The molecule has 1 aromatic heterocycles. The molecule has 1 heterocycles. The van der Waals surface area contributed by atoms with Crippen molar-refractivity contribution in [2.24, 2.45) is 0 Å². The van der Waals surface area contributed by atoms with Crippen molar-refractivity contribution in [3.8, 4) is 22.4 Å². The van der Waals surface area contributed by atoms with Crippen LogP contribution in [0.25, 0.3) is 22.4 Å². The molecule has 0 unspecified atom stereocenters. The van der Waals surface area contributed by atoms with Gasteiger partial charge in [-0.3, -0.25) is 0 Å². The molecule has 1 saturated carbocycles. The summed E-state index contributed by atoms with van der Waals surface area (Å²) in [6, 6.07) is 32.3. The summed E-state index contributed by atoms with van der Waals surface area (Å²) in [6.07, 6.45) is 8.24. The first-order valence-corrected chi connectivity index (χ1v) is 11.9. The number of hydrogen-bond donors (Lipinski definition) is 1. The Bertz CT molecular complexity index is 1130. The van der Waals surface area contributed by atoms with E-state index in [4.69, 9.17) is 0 Å². The van der Waals surface area contributed by atoms with Gasteiger partial charge in [-0.05, 0) is 47.9 Å². The molecule has 1 fully saturated rings. The van der Waals surface area contributed by atoms with Gasteiger partial charge in [-0.1, -0.05) is 104 Å². The smallest absolute Gasteiger partial charge is 0.0747 e. The van der Waals surface area contributed by atoms with Gasteiger partial charge in [0, 0.05) is 11.8 Å². The summed E-state index contributed by atoms with van der Waals surface area (Å²) in [4.78, 5) is 0. The Morgan fingerprint density at radius 1 is 0.688 bits per heavy atom. The normalized spacial score (nSPS) is 18.5. The molecule has 3 aromatic carbocycles. The second-order valence-electron chi connectivity index (χ2n) is 8.92. The summed E-state index contributed by atoms with van der Waals surface area (Å²) in [6.45, 7) is 0. The van der Waals surface area contributed by atoms with Crippen LogP contribution in [0.5, 0.6) is 0 Å². The zero-order valence-electron chi connectivity index (χ0n) is 18.5. The third-order valence-electron chi connectivity index (χ3n) is 6.80. The van der Waals surface area contributed by atoms with Crippen LogP contribution in [0.3, 0.4) is 0 Å². The minimum atomic E-state index is -0.288. The molecular weight excluding hydrogens is 390 g/mol. The van der Waals surface area contributed by atoms with E-state index in [-0.39, 0.29) is 12.1 Å². The molecule has 0 saturated heterocycles. The first-order valence-electron chi connectivity index (χ1n) is 11.9. The lowest BCUT2D eigenvalue weighted by Crippen LogP contribution is -2.27. The molecule has 1 aliphatic carbocycles. The van der Waals surface area contributed by atoms with Crippen LogP contribution in [0, 0.1) is 0 Å². The van der Waals surface area contributed by atoms with Crippen molar-refractivity contribution in [3.05, 3.63) is 108 Å². The van der Waals surface area contributed by atoms with Crippen LogP contribution in [0.15, 0.2) is 97.2 Å². The highest BCUT2D eigenvalue weighted by molar-refractivity contribution is 5.84. The number of aliphatic hydroxyl groups excluding tert-OH is 1. The maximum Gasteiger partial charge on any atom is 0.0747 e. The molecule has 162 valence electrons. The van der Waals surface area contributed by atoms with E-state index in [1.54, 1.807) is 0 Å². The highest BCUT2D eigenvalue weighted by atomic mass is 16.3. The largest absolute Gasteiger partial charge is 0.391 e. The fraction of sp³-hybridized carbons (Fsp3) is 0.267. The van der Waals surface area contributed by atoms with Crippen molar-refractivity contribution in [2.45, 2.75) is 50.7 Å². The maximum atomic E-state index is 11.0. The highest BCUT2D eigenvalue weighted by Crippen LogP contribution is 2.42. The van der Waals surface area contributed by atoms with Gasteiger partial charge in [0.25, 0.3) is 0 Å². The van der Waals surface area contributed by atoms with Gasteiger partial charge in [0.2, 0.25) is 0 Å². The van der Waals surface area contributed by atoms with Gasteiger partial charge in [-0.2, -0.15) is 0 Å². The molecule has 1 aliphatic rings. The Hall–Kier alpha value is -3.10. The number of nitrogens with zero attached hydrogens (tertiary/aromatic N) is 1. The fourth-order valence-corrected chi connectivity index (χ4v) is 5.19. The third kappa shape index (κ3) is 4.28. The molecule has 32 heavy (non-hydrogen) atoms. The first-order chi connectivity index (χ1) is 15.8. The van der Waals surface area contributed by atoms with E-state index in [9.17, 15) is 5.11 Å². The number of aryl methyl sites for hydroxylation is 2. The lowest BCUT2D eigenvalue weighted by Gasteiger charge is -2.31. The van der Waals surface area contributed by atoms with Crippen molar-refractivity contribution in [1.82, 2.24) is 4.57 Å². The van der Waals surface area contributed by atoms with Crippen LogP contribution in [0.1, 0.15) is 42.9 Å². The number of rotatable bonds is 6. The second-order valence-corrected chi connectivity index (χ2v) is 8.92. The van der Waals surface area contributed by atoms with Gasteiger partial charge in [-0.25, -0.2) is 0 Å². The quantitative estimate of drug-likeness (QED) is 0.353. The van der Waals surface area contributed by atoms with Gasteiger partial charge < -0.3 is 9.67 Å². The molecule has 0 aliphatic heterocycles. The highest BCUT2D eigenvalue weighted by Gasteiger charge is 2.29. The number of benzene rings is 3. The van der Waals surface area contributed by atoms with Crippen LogP contribution in [-0.4, -0.2) is 15.8 Å². The molecule has 5 rings (SSSR count). The predicted molar refractivity (Wildman–Crippen MR) is 133 cm³/mol. The Balaban J connectivity index is 1.66. The Labute approximate surface area is 191 Å². The minimum absolute atomic E-state index is 0.131. The summed E-state index contributed by atoms with van der Waals surface area (Å²) >= 11 is 0. The van der Waals surface area contributed by atoms with Crippen molar-refractivity contribution in [3.63, 3.8) is 0 Å². The third-order valence-corrected chi connectivity index (χ3v) is 6.80. The Kier molecular flexibility index (Phi) is 6.22. The Morgan fingerprint density at radius 3 is 1.94 bits per heavy atom. The van der Waals surface area contributed by atoms with Crippen LogP contribution in [0.2, 0.25) is 0 Å². The maximum absolute atomic E-state index is 11.0. The van der Waals surface area contributed by atoms with E-state index in [0.717, 1.165) is 32.1 Å². The summed E-state index contributed by atoms with van der Waals surface area (Å²) in [5, 5.41) is 11.0. The van der Waals surface area contributed by atoms with Crippen molar-refractivity contribution < 1.29 is 5.11 Å². The second kappa shape index (κ2) is 9.58. The molecule has 1 N–H and O–H groups in total. The summed E-state index contributed by atoms with van der Waals surface area (Å²) in [5.41, 5.74) is 7.74. The molecule has 2 atom stereocenters. The van der Waals surface area contributed by atoms with E-state index in [2.05, 4.69) is 102 Å². The van der Waals surface area contributed by atoms with Crippen molar-refractivity contribution >= 4 is 0 Å². The molecule has 0 bridgehead atoms. The van der Waals surface area contributed by atoms with Gasteiger partial charge in [0.05, 0.1) is 17.8 Å². The van der Waals surface area contributed by atoms with Gasteiger partial charge in [-0.15, -0.1) is 0 Å². The average Bonchev–Trinajstić information content (AvgIpc) is 3.24. The number of hydrogen-bond acceptors (Lipinski definition) is 1. The van der Waals surface area contributed by atoms with E-state index in [0.29, 0.717) is 0 Å². The molecule has 0 spiro atoms. The van der Waals surface area contributed by atoms with Gasteiger partial charge in [0.1, 0.15) is 0 Å². The van der Waals surface area contributed by atoms with E-state index < -0.39 is 0 Å². The van der Waals surface area contributed by atoms with E-state index >= 15 is 0 Å². The van der Waals surface area contributed by atoms with Crippen LogP contribution >= 0.6 is 0 Å². The predicted octanol–water partition coefficient (Wildman–Crippen LogP) is 7.08. The van der Waals surface area contributed by atoms with E-state index in [1.165, 1.54) is 39.9 Å². The minimum Gasteiger partial charge on any atom is -0.391 e. The summed E-state index contributed by atoms with van der Waals surface area (Å²) < 4.78 is 2.40. The summed E-state index contributed by atoms with van der Waals surface area (Å²) in [5.74, 6) is 0. The molecule has 0 radical (unpaired) electrons. The fourth-order valence-electron chi connectivity index (χ4n) is 5.19. The standard InChI is InChI=1S/C30H31NO/c32-28-19-11-10-18-27(28)31-22-26(21-20-23-12-4-1-5-13-23)29(24-14-6-2-7-15-24)30(31)25-16-8-3-9-17-25/h1-9,12-17,22,27-28,32H,10-11,18-21H2/t27-,28+/m1/s1. The topological polar surface area (TPSA) is 25.2 Å². The van der Waals surface area contributed by atoms with Crippen LogP contribution < -0.4 is 0 Å². The molecule has 2 heteroatoms. The van der Waals surface area contributed by atoms with Gasteiger partial charge in [0.15, 0.2) is 0 Å². The number of aromatic nitrogens is 1. The Morgan fingerprint density at radius 2 is 1.28 bits per heavy atom. The zero-order chi connectivity index (χ0) is 21.8. The SMILES string of the molecule is O[C@H]1CCCC[C@H]1n1cc(CCc2ccccc2)c(-c2ccccc2)c1-c1ccccc1. The molecule has 4 aromatic rings. The number of aliphatic hydroxyl groups is 1. The average molecular weight is 422 g/mol. The lowest BCUT2D eigenvalue weighted by molar-refractivity contribution is 0.0764. The van der Waals surface area contributed by atoms with Crippen molar-refractivity contribution in [1.29, 1.82) is 0 Å².